The number of piperidine rings is 1. The largest absolute Gasteiger partial charge is 0.293 e. The zero-order valence-corrected chi connectivity index (χ0v) is 7.95. The summed E-state index contributed by atoms with van der Waals surface area (Å²) in [6.45, 7) is 1.55. The zero-order chi connectivity index (χ0) is 10.7. The molecule has 3 N–H and O–H groups in total. The fourth-order valence-electron chi connectivity index (χ4n) is 1.39. The van der Waals surface area contributed by atoms with E-state index >= 15 is 0 Å². The van der Waals surface area contributed by atoms with E-state index in [1.807, 2.05) is 12.3 Å². The van der Waals surface area contributed by atoms with E-state index in [1.54, 1.807) is 0 Å². The van der Waals surface area contributed by atoms with E-state index < -0.39 is 5.91 Å². The lowest BCUT2D eigenvalue weighted by atomic mass is 9.98. The second kappa shape index (κ2) is 4.19. The van der Waals surface area contributed by atoms with Crippen LogP contribution in [-0.4, -0.2) is 29.2 Å². The van der Waals surface area contributed by atoms with Crippen molar-refractivity contribution in [3.8, 4) is 0 Å². The molecule has 1 heterocycles. The maximum atomic E-state index is 11.4. The summed E-state index contributed by atoms with van der Waals surface area (Å²) in [4.78, 5) is 34.5. The van der Waals surface area contributed by atoms with Gasteiger partial charge in [-0.2, -0.15) is 0 Å². The summed E-state index contributed by atoms with van der Waals surface area (Å²) in [5.74, 6) is 3.76. The summed E-state index contributed by atoms with van der Waals surface area (Å²) >= 11 is 0. The number of nitrogens with two attached hydrogens (primary N) is 1. The Morgan fingerprint density at radius 2 is 2.00 bits per heavy atom. The van der Waals surface area contributed by atoms with Crippen LogP contribution in [0.4, 0.5) is 0 Å². The van der Waals surface area contributed by atoms with E-state index in [9.17, 15) is 14.4 Å². The molecule has 1 saturated heterocycles. The molecule has 0 aromatic carbocycles. The molecule has 0 bridgehead atoms. The number of hydrogen-bond donors (Lipinski definition) is 2. The van der Waals surface area contributed by atoms with Crippen LogP contribution in [0.25, 0.3) is 0 Å². The molecule has 0 aromatic heterocycles. The van der Waals surface area contributed by atoms with Crippen molar-refractivity contribution in [2.75, 3.05) is 6.54 Å². The lowest BCUT2D eigenvalue weighted by Crippen LogP contribution is -2.48. The van der Waals surface area contributed by atoms with Crippen molar-refractivity contribution in [3.05, 3.63) is 0 Å². The monoisotopic (exact) mass is 199 g/mol. The lowest BCUT2D eigenvalue weighted by Gasteiger charge is -2.27. The Morgan fingerprint density at radius 1 is 1.50 bits per heavy atom. The molecular formula is C8H13N3O3. The maximum absolute atomic E-state index is 11.4. The SMILES string of the molecule is CC1CC(=O)N(CC(=O)NN)C(=O)C1. The number of hydrogen-bond acceptors (Lipinski definition) is 4. The Labute approximate surface area is 81.4 Å². The molecule has 0 unspecified atom stereocenters. The highest BCUT2D eigenvalue weighted by Gasteiger charge is 2.31. The third kappa shape index (κ3) is 2.29. The van der Waals surface area contributed by atoms with Gasteiger partial charge in [0.25, 0.3) is 5.91 Å². The molecule has 0 atom stereocenters. The molecule has 0 radical (unpaired) electrons. The van der Waals surface area contributed by atoms with Gasteiger partial charge >= 0.3 is 0 Å². The highest BCUT2D eigenvalue weighted by atomic mass is 16.2. The van der Waals surface area contributed by atoms with Crippen LogP contribution in [-0.2, 0) is 14.4 Å². The van der Waals surface area contributed by atoms with Gasteiger partial charge in [-0.3, -0.25) is 24.7 Å². The van der Waals surface area contributed by atoms with Gasteiger partial charge in [-0.15, -0.1) is 0 Å². The number of amides is 3. The second-order valence-corrected chi connectivity index (χ2v) is 3.45. The molecular weight excluding hydrogens is 186 g/mol. The van der Waals surface area contributed by atoms with Crippen LogP contribution < -0.4 is 11.3 Å². The van der Waals surface area contributed by atoms with Crippen LogP contribution in [0.15, 0.2) is 0 Å². The number of nitrogens with one attached hydrogen (secondary N) is 1. The molecule has 78 valence electrons. The molecule has 1 aliphatic heterocycles. The van der Waals surface area contributed by atoms with Crippen molar-refractivity contribution in [1.82, 2.24) is 10.3 Å². The molecule has 1 fully saturated rings. The van der Waals surface area contributed by atoms with E-state index in [0.717, 1.165) is 4.90 Å². The molecule has 1 aliphatic rings. The van der Waals surface area contributed by atoms with Crippen LogP contribution >= 0.6 is 0 Å². The van der Waals surface area contributed by atoms with Gasteiger partial charge in [0, 0.05) is 12.8 Å². The molecule has 0 aromatic rings. The Hall–Kier alpha value is -1.43. The van der Waals surface area contributed by atoms with Crippen molar-refractivity contribution < 1.29 is 14.4 Å². The average molecular weight is 199 g/mol. The first-order chi connectivity index (χ1) is 6.54. The van der Waals surface area contributed by atoms with Crippen LogP contribution in [0.1, 0.15) is 19.8 Å². The minimum absolute atomic E-state index is 0.0622. The highest BCUT2D eigenvalue weighted by molar-refractivity contribution is 6.00. The van der Waals surface area contributed by atoms with Crippen molar-refractivity contribution in [3.63, 3.8) is 0 Å². The van der Waals surface area contributed by atoms with Crippen molar-refractivity contribution in [2.45, 2.75) is 19.8 Å². The summed E-state index contributed by atoms with van der Waals surface area (Å²) in [6, 6.07) is 0. The summed E-state index contributed by atoms with van der Waals surface area (Å²) in [6.07, 6.45) is 0.618. The second-order valence-electron chi connectivity index (χ2n) is 3.45. The van der Waals surface area contributed by atoms with Gasteiger partial charge in [0.15, 0.2) is 0 Å². The molecule has 0 spiro atoms. The van der Waals surface area contributed by atoms with Gasteiger partial charge in [0.2, 0.25) is 11.8 Å². The van der Waals surface area contributed by atoms with Gasteiger partial charge in [-0.25, -0.2) is 5.84 Å². The number of likely N-dealkylation sites (tertiary alicyclic amines) is 1. The number of hydrazine groups is 1. The summed E-state index contributed by atoms with van der Waals surface area (Å²) < 4.78 is 0. The molecule has 14 heavy (non-hydrogen) atoms. The minimum atomic E-state index is -0.541. The predicted octanol–water partition coefficient (Wildman–Crippen LogP) is -1.24. The average Bonchev–Trinajstić information content (AvgIpc) is 2.10. The first kappa shape index (κ1) is 10.6. The fraction of sp³-hybridized carbons (Fsp3) is 0.625. The molecule has 6 nitrogen and oxygen atoms in total. The van der Waals surface area contributed by atoms with Crippen molar-refractivity contribution in [2.24, 2.45) is 11.8 Å². The minimum Gasteiger partial charge on any atom is -0.293 e. The molecule has 0 saturated carbocycles. The van der Waals surface area contributed by atoms with Gasteiger partial charge in [0.05, 0.1) is 0 Å². The third-order valence-corrected chi connectivity index (χ3v) is 2.11. The standard InChI is InChI=1S/C8H13N3O3/c1-5-2-7(13)11(8(14)3-5)4-6(12)10-9/h5H,2-4,9H2,1H3,(H,10,12). The Balaban J connectivity index is 2.63. The Bertz CT molecular complexity index is 259. The smallest absolute Gasteiger partial charge is 0.254 e. The number of rotatable bonds is 2. The molecule has 0 aliphatic carbocycles. The zero-order valence-electron chi connectivity index (χ0n) is 7.95. The summed E-state index contributed by atoms with van der Waals surface area (Å²) in [5, 5.41) is 0. The quantitative estimate of drug-likeness (QED) is 0.252. The summed E-state index contributed by atoms with van der Waals surface area (Å²) in [5.41, 5.74) is 1.88. The summed E-state index contributed by atoms with van der Waals surface area (Å²) in [7, 11) is 0. The van der Waals surface area contributed by atoms with Crippen LogP contribution in [0, 0.1) is 5.92 Å². The van der Waals surface area contributed by atoms with Gasteiger partial charge in [0.1, 0.15) is 6.54 Å². The maximum Gasteiger partial charge on any atom is 0.254 e. The van der Waals surface area contributed by atoms with E-state index in [4.69, 9.17) is 5.84 Å². The fourth-order valence-corrected chi connectivity index (χ4v) is 1.39. The van der Waals surface area contributed by atoms with Crippen LogP contribution in [0.2, 0.25) is 0 Å². The number of imide groups is 1. The number of carbonyl (C=O) groups excluding carboxylic acids is 3. The topological polar surface area (TPSA) is 92.5 Å². The first-order valence-electron chi connectivity index (χ1n) is 4.37. The van der Waals surface area contributed by atoms with Crippen LogP contribution in [0.5, 0.6) is 0 Å². The highest BCUT2D eigenvalue weighted by Crippen LogP contribution is 2.18. The van der Waals surface area contributed by atoms with E-state index in [2.05, 4.69) is 0 Å². The molecule has 6 heteroatoms. The van der Waals surface area contributed by atoms with Crippen LogP contribution in [0.3, 0.4) is 0 Å². The van der Waals surface area contributed by atoms with Gasteiger partial charge < -0.3 is 0 Å². The lowest BCUT2D eigenvalue weighted by molar-refractivity contribution is -0.152. The van der Waals surface area contributed by atoms with E-state index in [1.165, 1.54) is 0 Å². The van der Waals surface area contributed by atoms with Crippen molar-refractivity contribution >= 4 is 17.7 Å². The normalized spacial score (nSPS) is 18.6. The first-order valence-corrected chi connectivity index (χ1v) is 4.37. The number of carbonyl (C=O) groups is 3. The Morgan fingerprint density at radius 3 is 2.43 bits per heavy atom. The third-order valence-electron chi connectivity index (χ3n) is 2.11. The molecule has 3 amide bonds. The van der Waals surface area contributed by atoms with E-state index in [-0.39, 0.29) is 24.3 Å². The predicted molar refractivity (Wildman–Crippen MR) is 47.4 cm³/mol. The Kier molecular flexibility index (Phi) is 3.19. The number of nitrogens with zero attached hydrogens (tertiary/aromatic N) is 1. The van der Waals surface area contributed by atoms with Gasteiger partial charge in [-0.1, -0.05) is 6.92 Å². The van der Waals surface area contributed by atoms with Crippen molar-refractivity contribution in [1.29, 1.82) is 0 Å². The van der Waals surface area contributed by atoms with E-state index in [0.29, 0.717) is 12.8 Å². The van der Waals surface area contributed by atoms with Gasteiger partial charge in [-0.05, 0) is 5.92 Å². The molecule has 1 rings (SSSR count).